The van der Waals surface area contributed by atoms with Gasteiger partial charge in [-0.15, -0.1) is 0 Å². The SMILES string of the molecule is CCOC(=O)CC#Cc1cc(C)cc(OC)c1. The van der Waals surface area contributed by atoms with E-state index < -0.39 is 0 Å². The first-order valence-corrected chi connectivity index (χ1v) is 5.46. The molecule has 0 N–H and O–H groups in total. The van der Waals surface area contributed by atoms with Crippen LogP contribution in [0.1, 0.15) is 24.5 Å². The summed E-state index contributed by atoms with van der Waals surface area (Å²) in [5.41, 5.74) is 1.91. The second-order valence-electron chi connectivity index (χ2n) is 3.52. The van der Waals surface area contributed by atoms with Crippen LogP contribution in [0.2, 0.25) is 0 Å². The Labute approximate surface area is 102 Å². The molecule has 0 unspecified atom stereocenters. The number of carbonyl (C=O) groups excluding carboxylic acids is 1. The molecule has 0 saturated carbocycles. The fourth-order valence-electron chi connectivity index (χ4n) is 1.37. The van der Waals surface area contributed by atoms with Crippen molar-refractivity contribution in [2.45, 2.75) is 20.3 Å². The number of rotatable bonds is 3. The van der Waals surface area contributed by atoms with Crippen LogP contribution in [0.3, 0.4) is 0 Å². The van der Waals surface area contributed by atoms with Gasteiger partial charge in [0.15, 0.2) is 0 Å². The third-order valence-electron chi connectivity index (χ3n) is 2.06. The van der Waals surface area contributed by atoms with Gasteiger partial charge in [-0.1, -0.05) is 11.8 Å². The zero-order valence-corrected chi connectivity index (χ0v) is 10.4. The molecule has 0 spiro atoms. The summed E-state index contributed by atoms with van der Waals surface area (Å²) in [4.78, 5) is 11.1. The third kappa shape index (κ3) is 4.60. The number of methoxy groups -OCH3 is 1. The summed E-state index contributed by atoms with van der Waals surface area (Å²) in [6, 6.07) is 5.71. The highest BCUT2D eigenvalue weighted by Crippen LogP contribution is 2.15. The molecule has 1 rings (SSSR count). The molecular weight excluding hydrogens is 216 g/mol. The van der Waals surface area contributed by atoms with Gasteiger partial charge in [-0.05, 0) is 37.6 Å². The van der Waals surface area contributed by atoms with E-state index >= 15 is 0 Å². The standard InChI is InChI=1S/C14H16O3/c1-4-17-14(15)7-5-6-12-8-11(2)9-13(10-12)16-3/h8-10H,4,7H2,1-3H3. The van der Waals surface area contributed by atoms with Crippen molar-refractivity contribution in [3.8, 4) is 17.6 Å². The number of esters is 1. The average molecular weight is 232 g/mol. The lowest BCUT2D eigenvalue weighted by Gasteiger charge is -2.01. The molecule has 0 saturated heterocycles. The van der Waals surface area contributed by atoms with E-state index in [1.165, 1.54) is 0 Å². The Morgan fingerprint density at radius 2 is 2.12 bits per heavy atom. The molecule has 0 aliphatic rings. The van der Waals surface area contributed by atoms with Gasteiger partial charge in [-0.3, -0.25) is 4.79 Å². The van der Waals surface area contributed by atoms with Crippen LogP contribution in [0.5, 0.6) is 5.75 Å². The van der Waals surface area contributed by atoms with Crippen molar-refractivity contribution >= 4 is 5.97 Å². The molecule has 0 amide bonds. The van der Waals surface area contributed by atoms with Gasteiger partial charge in [-0.2, -0.15) is 0 Å². The Morgan fingerprint density at radius 3 is 2.76 bits per heavy atom. The topological polar surface area (TPSA) is 35.5 Å². The Kier molecular flexibility index (Phi) is 5.09. The Bertz CT molecular complexity index is 452. The first-order valence-electron chi connectivity index (χ1n) is 5.46. The molecule has 0 aromatic heterocycles. The molecule has 3 heteroatoms. The summed E-state index contributed by atoms with van der Waals surface area (Å²) >= 11 is 0. The van der Waals surface area contributed by atoms with E-state index in [2.05, 4.69) is 11.8 Å². The lowest BCUT2D eigenvalue weighted by molar-refractivity contribution is -0.141. The number of aryl methyl sites for hydroxylation is 1. The maximum absolute atomic E-state index is 11.1. The zero-order chi connectivity index (χ0) is 12.7. The predicted octanol–water partition coefficient (Wildman–Crippen LogP) is 2.31. The number of hydrogen-bond donors (Lipinski definition) is 0. The summed E-state index contributed by atoms with van der Waals surface area (Å²) in [7, 11) is 1.62. The van der Waals surface area contributed by atoms with E-state index in [0.717, 1.165) is 16.9 Å². The molecule has 90 valence electrons. The Hall–Kier alpha value is -1.95. The van der Waals surface area contributed by atoms with Crippen molar-refractivity contribution in [2.24, 2.45) is 0 Å². The van der Waals surface area contributed by atoms with Crippen molar-refractivity contribution < 1.29 is 14.3 Å². The highest BCUT2D eigenvalue weighted by atomic mass is 16.5. The summed E-state index contributed by atoms with van der Waals surface area (Å²) in [5, 5.41) is 0. The van der Waals surface area contributed by atoms with Gasteiger partial charge < -0.3 is 9.47 Å². The third-order valence-corrected chi connectivity index (χ3v) is 2.06. The monoisotopic (exact) mass is 232 g/mol. The van der Waals surface area contributed by atoms with Crippen molar-refractivity contribution in [2.75, 3.05) is 13.7 Å². The van der Waals surface area contributed by atoms with Crippen molar-refractivity contribution in [1.82, 2.24) is 0 Å². The molecule has 0 aliphatic heterocycles. The van der Waals surface area contributed by atoms with Gasteiger partial charge in [0, 0.05) is 5.56 Å². The van der Waals surface area contributed by atoms with E-state index in [0.29, 0.717) is 6.61 Å². The van der Waals surface area contributed by atoms with Crippen LogP contribution in [-0.2, 0) is 9.53 Å². The van der Waals surface area contributed by atoms with Crippen molar-refractivity contribution in [3.63, 3.8) is 0 Å². The van der Waals surface area contributed by atoms with Crippen LogP contribution in [0, 0.1) is 18.8 Å². The Balaban J connectivity index is 2.71. The van der Waals surface area contributed by atoms with Crippen LogP contribution in [0.4, 0.5) is 0 Å². The lowest BCUT2D eigenvalue weighted by Crippen LogP contribution is -2.01. The fraction of sp³-hybridized carbons (Fsp3) is 0.357. The largest absolute Gasteiger partial charge is 0.497 e. The lowest BCUT2D eigenvalue weighted by atomic mass is 10.1. The molecule has 0 radical (unpaired) electrons. The Morgan fingerprint density at radius 1 is 1.35 bits per heavy atom. The van der Waals surface area contributed by atoms with Gasteiger partial charge in [0.25, 0.3) is 0 Å². The molecule has 1 aromatic rings. The first-order chi connectivity index (χ1) is 8.15. The maximum atomic E-state index is 11.1. The molecule has 0 aliphatic carbocycles. The molecule has 3 nitrogen and oxygen atoms in total. The van der Waals surface area contributed by atoms with E-state index in [9.17, 15) is 4.79 Å². The minimum absolute atomic E-state index is 0.115. The van der Waals surface area contributed by atoms with Crippen molar-refractivity contribution in [1.29, 1.82) is 0 Å². The molecule has 17 heavy (non-hydrogen) atoms. The predicted molar refractivity (Wildman–Crippen MR) is 65.9 cm³/mol. The quantitative estimate of drug-likeness (QED) is 0.592. The van der Waals surface area contributed by atoms with E-state index in [4.69, 9.17) is 9.47 Å². The van der Waals surface area contributed by atoms with E-state index in [-0.39, 0.29) is 12.4 Å². The number of carbonyl (C=O) groups is 1. The van der Waals surface area contributed by atoms with Gasteiger partial charge in [0.2, 0.25) is 0 Å². The molecule has 1 aromatic carbocycles. The van der Waals surface area contributed by atoms with E-state index in [1.54, 1.807) is 14.0 Å². The number of benzene rings is 1. The van der Waals surface area contributed by atoms with Gasteiger partial charge in [0.05, 0.1) is 13.7 Å². The zero-order valence-electron chi connectivity index (χ0n) is 10.4. The molecule has 0 bridgehead atoms. The summed E-state index contributed by atoms with van der Waals surface area (Å²) < 4.78 is 9.92. The molecule has 0 heterocycles. The highest BCUT2D eigenvalue weighted by molar-refractivity contribution is 5.72. The molecule has 0 atom stereocenters. The number of hydrogen-bond acceptors (Lipinski definition) is 3. The second kappa shape index (κ2) is 6.59. The normalized spacial score (nSPS) is 9.12. The van der Waals surface area contributed by atoms with Gasteiger partial charge >= 0.3 is 5.97 Å². The van der Waals surface area contributed by atoms with Gasteiger partial charge in [-0.25, -0.2) is 0 Å². The minimum atomic E-state index is -0.292. The average Bonchev–Trinajstić information content (AvgIpc) is 2.28. The summed E-state index contributed by atoms with van der Waals surface area (Å²) in [5.74, 6) is 6.18. The highest BCUT2D eigenvalue weighted by Gasteiger charge is 1.98. The van der Waals surface area contributed by atoms with Crippen LogP contribution < -0.4 is 4.74 Å². The summed E-state index contributed by atoms with van der Waals surface area (Å²) in [6.07, 6.45) is 0.115. The van der Waals surface area contributed by atoms with Crippen LogP contribution in [-0.4, -0.2) is 19.7 Å². The van der Waals surface area contributed by atoms with Crippen LogP contribution >= 0.6 is 0 Å². The van der Waals surface area contributed by atoms with Crippen LogP contribution in [0.25, 0.3) is 0 Å². The van der Waals surface area contributed by atoms with Crippen molar-refractivity contribution in [3.05, 3.63) is 29.3 Å². The second-order valence-corrected chi connectivity index (χ2v) is 3.52. The summed E-state index contributed by atoms with van der Waals surface area (Å²) in [6.45, 7) is 4.13. The number of ether oxygens (including phenoxy) is 2. The smallest absolute Gasteiger partial charge is 0.317 e. The minimum Gasteiger partial charge on any atom is -0.497 e. The van der Waals surface area contributed by atoms with E-state index in [1.807, 2.05) is 25.1 Å². The fourth-order valence-corrected chi connectivity index (χ4v) is 1.37. The molecule has 0 fully saturated rings. The maximum Gasteiger partial charge on any atom is 0.317 e. The van der Waals surface area contributed by atoms with Crippen LogP contribution in [0.15, 0.2) is 18.2 Å². The molecular formula is C14H16O3. The first kappa shape index (κ1) is 13.1. The van der Waals surface area contributed by atoms with Gasteiger partial charge in [0.1, 0.15) is 12.2 Å².